The van der Waals surface area contributed by atoms with Crippen molar-refractivity contribution in [2.75, 3.05) is 31.5 Å². The minimum atomic E-state index is -0.499. The van der Waals surface area contributed by atoms with Gasteiger partial charge in [0.25, 0.3) is 0 Å². The van der Waals surface area contributed by atoms with E-state index in [1.54, 1.807) is 0 Å². The normalized spacial score (nSPS) is 17.9. The Morgan fingerprint density at radius 2 is 2.11 bits per heavy atom. The molecule has 0 radical (unpaired) electrons. The van der Waals surface area contributed by atoms with Gasteiger partial charge in [0, 0.05) is 18.1 Å². The highest BCUT2D eigenvalue weighted by Crippen LogP contribution is 2.19. The maximum Gasteiger partial charge on any atom is 0.146 e. The summed E-state index contributed by atoms with van der Waals surface area (Å²) in [5.74, 6) is -0.354. The molecule has 1 saturated heterocycles. The number of halogens is 2. The number of benzene rings is 1. The fourth-order valence-electron chi connectivity index (χ4n) is 2.19. The van der Waals surface area contributed by atoms with Gasteiger partial charge in [0.1, 0.15) is 5.82 Å². The standard InChI is InChI=1S/C13H18ClFN2O/c14-10-3-4-12(15)13(7-10)16-8-11(18)9-17-5-1-2-6-17/h3-4,7,11,16,18H,1-2,5-6,8-9H2. The first-order valence-electron chi connectivity index (χ1n) is 6.24. The van der Waals surface area contributed by atoms with Crippen LogP contribution in [0.3, 0.4) is 0 Å². The number of hydrogen-bond acceptors (Lipinski definition) is 3. The Bertz CT molecular complexity index is 397. The van der Waals surface area contributed by atoms with Crippen molar-refractivity contribution in [1.82, 2.24) is 4.90 Å². The molecule has 0 bridgehead atoms. The largest absolute Gasteiger partial charge is 0.390 e. The molecule has 1 aromatic rings. The predicted molar refractivity (Wildman–Crippen MR) is 71.6 cm³/mol. The number of hydrogen-bond donors (Lipinski definition) is 2. The zero-order chi connectivity index (χ0) is 13.0. The van der Waals surface area contributed by atoms with E-state index in [2.05, 4.69) is 10.2 Å². The summed E-state index contributed by atoms with van der Waals surface area (Å²) in [6.07, 6.45) is 1.90. The second-order valence-electron chi connectivity index (χ2n) is 4.67. The van der Waals surface area contributed by atoms with E-state index in [0.717, 1.165) is 13.1 Å². The minimum Gasteiger partial charge on any atom is -0.390 e. The van der Waals surface area contributed by atoms with E-state index in [0.29, 0.717) is 23.8 Å². The van der Waals surface area contributed by atoms with Gasteiger partial charge in [-0.3, -0.25) is 0 Å². The van der Waals surface area contributed by atoms with Gasteiger partial charge in [0.05, 0.1) is 11.8 Å². The fraction of sp³-hybridized carbons (Fsp3) is 0.538. The van der Waals surface area contributed by atoms with Gasteiger partial charge in [-0.15, -0.1) is 0 Å². The Kier molecular flexibility index (Phi) is 4.80. The molecular formula is C13H18ClFN2O. The number of nitrogens with zero attached hydrogens (tertiary/aromatic N) is 1. The molecule has 100 valence electrons. The third-order valence-corrected chi connectivity index (χ3v) is 3.36. The predicted octanol–water partition coefficient (Wildman–Crippen LogP) is 2.35. The van der Waals surface area contributed by atoms with Crippen LogP contribution in [0.2, 0.25) is 5.02 Å². The van der Waals surface area contributed by atoms with E-state index in [1.807, 2.05) is 0 Å². The molecule has 1 aliphatic rings. The highest BCUT2D eigenvalue weighted by Gasteiger charge is 2.15. The van der Waals surface area contributed by atoms with Gasteiger partial charge < -0.3 is 15.3 Å². The molecule has 0 aliphatic carbocycles. The van der Waals surface area contributed by atoms with Crippen LogP contribution in [0, 0.1) is 5.82 Å². The molecule has 0 aromatic heterocycles. The molecule has 3 nitrogen and oxygen atoms in total. The summed E-state index contributed by atoms with van der Waals surface area (Å²) in [4.78, 5) is 2.22. The van der Waals surface area contributed by atoms with Gasteiger partial charge in [0.2, 0.25) is 0 Å². The first-order valence-corrected chi connectivity index (χ1v) is 6.62. The molecule has 0 amide bonds. The highest BCUT2D eigenvalue weighted by molar-refractivity contribution is 6.30. The molecule has 1 atom stereocenters. The Morgan fingerprint density at radius 3 is 2.83 bits per heavy atom. The van der Waals surface area contributed by atoms with Crippen LogP contribution in [0.4, 0.5) is 10.1 Å². The van der Waals surface area contributed by atoms with E-state index >= 15 is 0 Å². The number of rotatable bonds is 5. The Balaban J connectivity index is 1.81. The van der Waals surface area contributed by atoms with E-state index in [-0.39, 0.29) is 5.82 Å². The molecule has 1 fully saturated rings. The Labute approximate surface area is 112 Å². The van der Waals surface area contributed by atoms with E-state index < -0.39 is 6.10 Å². The number of aliphatic hydroxyl groups is 1. The molecule has 1 aromatic carbocycles. The molecule has 1 heterocycles. The number of anilines is 1. The lowest BCUT2D eigenvalue weighted by molar-refractivity contribution is 0.135. The monoisotopic (exact) mass is 272 g/mol. The van der Waals surface area contributed by atoms with Crippen LogP contribution in [0.15, 0.2) is 18.2 Å². The molecule has 5 heteroatoms. The van der Waals surface area contributed by atoms with Gasteiger partial charge in [-0.05, 0) is 44.1 Å². The molecule has 18 heavy (non-hydrogen) atoms. The van der Waals surface area contributed by atoms with Crippen molar-refractivity contribution in [2.45, 2.75) is 18.9 Å². The van der Waals surface area contributed by atoms with Crippen LogP contribution in [0.1, 0.15) is 12.8 Å². The first-order chi connectivity index (χ1) is 8.65. The molecule has 0 saturated carbocycles. The Morgan fingerprint density at radius 1 is 1.39 bits per heavy atom. The number of β-amino-alcohol motifs (C(OH)–C–C–N with tert-alkyl or cyclic N) is 1. The number of likely N-dealkylation sites (tertiary alicyclic amines) is 1. The van der Waals surface area contributed by atoms with Crippen LogP contribution in [-0.4, -0.2) is 42.3 Å². The van der Waals surface area contributed by atoms with Gasteiger partial charge in [-0.25, -0.2) is 4.39 Å². The van der Waals surface area contributed by atoms with Crippen molar-refractivity contribution in [3.8, 4) is 0 Å². The summed E-state index contributed by atoms with van der Waals surface area (Å²) in [5, 5.41) is 13.2. The summed E-state index contributed by atoms with van der Waals surface area (Å²) in [6, 6.07) is 4.35. The van der Waals surface area contributed by atoms with Crippen molar-refractivity contribution in [3.63, 3.8) is 0 Å². The van der Waals surface area contributed by atoms with Crippen LogP contribution in [-0.2, 0) is 0 Å². The van der Waals surface area contributed by atoms with Gasteiger partial charge in [0.15, 0.2) is 0 Å². The quantitative estimate of drug-likeness (QED) is 0.864. The summed E-state index contributed by atoms with van der Waals surface area (Å²) < 4.78 is 13.4. The first kappa shape index (κ1) is 13.6. The van der Waals surface area contributed by atoms with Gasteiger partial charge >= 0.3 is 0 Å². The van der Waals surface area contributed by atoms with Crippen molar-refractivity contribution in [2.24, 2.45) is 0 Å². The van der Waals surface area contributed by atoms with E-state index in [1.165, 1.54) is 31.0 Å². The maximum absolute atomic E-state index is 13.4. The lowest BCUT2D eigenvalue weighted by atomic mass is 10.2. The summed E-state index contributed by atoms with van der Waals surface area (Å²) in [6.45, 7) is 3.05. The number of aliphatic hydroxyl groups excluding tert-OH is 1. The fourth-order valence-corrected chi connectivity index (χ4v) is 2.36. The lowest BCUT2D eigenvalue weighted by Gasteiger charge is -2.20. The third kappa shape index (κ3) is 3.83. The smallest absolute Gasteiger partial charge is 0.146 e. The van der Waals surface area contributed by atoms with Crippen LogP contribution < -0.4 is 5.32 Å². The molecule has 2 N–H and O–H groups in total. The minimum absolute atomic E-state index is 0.327. The zero-order valence-electron chi connectivity index (χ0n) is 10.2. The van der Waals surface area contributed by atoms with Crippen LogP contribution in [0.25, 0.3) is 0 Å². The van der Waals surface area contributed by atoms with E-state index in [4.69, 9.17) is 11.6 Å². The average Bonchev–Trinajstić information content (AvgIpc) is 2.83. The van der Waals surface area contributed by atoms with Crippen LogP contribution in [0.5, 0.6) is 0 Å². The van der Waals surface area contributed by atoms with Gasteiger partial charge in [-0.2, -0.15) is 0 Å². The topological polar surface area (TPSA) is 35.5 Å². The van der Waals surface area contributed by atoms with Crippen molar-refractivity contribution >= 4 is 17.3 Å². The molecular weight excluding hydrogens is 255 g/mol. The van der Waals surface area contributed by atoms with Crippen molar-refractivity contribution in [3.05, 3.63) is 29.0 Å². The maximum atomic E-state index is 13.4. The molecule has 1 aliphatic heterocycles. The summed E-state index contributed by atoms with van der Waals surface area (Å²) >= 11 is 5.79. The van der Waals surface area contributed by atoms with Crippen molar-refractivity contribution in [1.29, 1.82) is 0 Å². The van der Waals surface area contributed by atoms with E-state index in [9.17, 15) is 9.50 Å². The zero-order valence-corrected chi connectivity index (χ0v) is 11.0. The lowest BCUT2D eigenvalue weighted by Crippen LogP contribution is -2.34. The molecule has 2 rings (SSSR count). The molecule has 1 unspecified atom stereocenters. The summed E-state index contributed by atoms with van der Waals surface area (Å²) in [7, 11) is 0. The summed E-state index contributed by atoms with van der Waals surface area (Å²) in [5.41, 5.74) is 0.336. The second-order valence-corrected chi connectivity index (χ2v) is 5.10. The number of nitrogens with one attached hydrogen (secondary N) is 1. The highest BCUT2D eigenvalue weighted by atomic mass is 35.5. The average molecular weight is 273 g/mol. The Hall–Kier alpha value is -0.840. The molecule has 0 spiro atoms. The SMILES string of the molecule is OC(CNc1cc(Cl)ccc1F)CN1CCCC1. The van der Waals surface area contributed by atoms with Gasteiger partial charge in [-0.1, -0.05) is 11.6 Å². The second kappa shape index (κ2) is 6.36. The third-order valence-electron chi connectivity index (χ3n) is 3.12. The van der Waals surface area contributed by atoms with Crippen LogP contribution >= 0.6 is 11.6 Å². The van der Waals surface area contributed by atoms with Crippen molar-refractivity contribution < 1.29 is 9.50 Å².